The summed E-state index contributed by atoms with van der Waals surface area (Å²) in [5.41, 5.74) is 8.40. The Labute approximate surface area is 87.5 Å². The molecule has 13 heavy (non-hydrogen) atoms. The van der Waals surface area contributed by atoms with E-state index < -0.39 is 0 Å². The Balaban J connectivity index is 2.25. The molecular weight excluding hydrogens is 226 g/mol. The lowest BCUT2D eigenvalue weighted by Gasteiger charge is -2.05. The second-order valence-corrected chi connectivity index (χ2v) is 4.52. The largest absolute Gasteiger partial charge is 0.330 e. The number of nitrogens with two attached hydrogens (primary N) is 1. The highest BCUT2D eigenvalue weighted by atomic mass is 79.9. The van der Waals surface area contributed by atoms with Gasteiger partial charge in [-0.15, -0.1) is 0 Å². The zero-order valence-corrected chi connectivity index (χ0v) is 9.18. The van der Waals surface area contributed by atoms with Crippen molar-refractivity contribution >= 4 is 15.9 Å². The van der Waals surface area contributed by atoms with Gasteiger partial charge in [0.2, 0.25) is 0 Å². The first-order chi connectivity index (χ1) is 6.31. The van der Waals surface area contributed by atoms with Gasteiger partial charge in [0.05, 0.1) is 0 Å². The zero-order chi connectivity index (χ0) is 9.26. The summed E-state index contributed by atoms with van der Waals surface area (Å²) < 4.78 is 1.20. The van der Waals surface area contributed by atoms with Crippen LogP contribution in [0.25, 0.3) is 0 Å². The molecule has 1 nitrogen and oxygen atoms in total. The number of halogens is 1. The minimum Gasteiger partial charge on any atom is -0.330 e. The van der Waals surface area contributed by atoms with Crippen molar-refractivity contribution in [2.45, 2.75) is 25.2 Å². The van der Waals surface area contributed by atoms with Crippen LogP contribution in [0.4, 0.5) is 0 Å². The minimum atomic E-state index is 0.729. The quantitative estimate of drug-likeness (QED) is 0.863. The van der Waals surface area contributed by atoms with Gasteiger partial charge in [-0.25, -0.2) is 0 Å². The molecule has 2 N–H and O–H groups in total. The number of hydrogen-bond donors (Lipinski definition) is 1. The molecule has 1 aromatic rings. The van der Waals surface area contributed by atoms with E-state index in [0.29, 0.717) is 0 Å². The van der Waals surface area contributed by atoms with Crippen molar-refractivity contribution in [2.75, 3.05) is 6.54 Å². The summed E-state index contributed by atoms with van der Waals surface area (Å²) in [5, 5.41) is 0. The fraction of sp³-hybridized carbons (Fsp3) is 0.455. The highest BCUT2D eigenvalue weighted by molar-refractivity contribution is 9.10. The van der Waals surface area contributed by atoms with Gasteiger partial charge in [0.1, 0.15) is 0 Å². The molecule has 1 saturated carbocycles. The molecule has 0 bridgehead atoms. The van der Waals surface area contributed by atoms with Crippen molar-refractivity contribution < 1.29 is 0 Å². The number of hydrogen-bond acceptors (Lipinski definition) is 1. The molecule has 2 rings (SSSR count). The molecule has 0 unspecified atom stereocenters. The summed E-state index contributed by atoms with van der Waals surface area (Å²) in [6, 6.07) is 6.68. The maximum atomic E-state index is 5.55. The summed E-state index contributed by atoms with van der Waals surface area (Å²) in [5.74, 6) is 0.838. The average molecular weight is 240 g/mol. The van der Waals surface area contributed by atoms with E-state index in [4.69, 9.17) is 5.73 Å². The van der Waals surface area contributed by atoms with Crippen LogP contribution in [0.2, 0.25) is 0 Å². The van der Waals surface area contributed by atoms with E-state index in [9.17, 15) is 0 Å². The molecule has 0 aliphatic heterocycles. The van der Waals surface area contributed by atoms with Gasteiger partial charge in [-0.05, 0) is 48.9 Å². The highest BCUT2D eigenvalue weighted by Gasteiger charge is 2.23. The topological polar surface area (TPSA) is 26.0 Å². The Morgan fingerprint density at radius 1 is 1.38 bits per heavy atom. The average Bonchev–Trinajstić information content (AvgIpc) is 2.92. The van der Waals surface area contributed by atoms with E-state index in [1.807, 2.05) is 0 Å². The van der Waals surface area contributed by atoms with Gasteiger partial charge < -0.3 is 5.73 Å². The van der Waals surface area contributed by atoms with Crippen molar-refractivity contribution in [2.24, 2.45) is 5.73 Å². The van der Waals surface area contributed by atoms with Crippen molar-refractivity contribution in [1.82, 2.24) is 0 Å². The lowest BCUT2D eigenvalue weighted by atomic mass is 10.1. The SMILES string of the molecule is NCCc1cc(C2CC2)ccc1Br. The molecule has 0 radical (unpaired) electrons. The third kappa shape index (κ3) is 2.12. The van der Waals surface area contributed by atoms with Crippen molar-refractivity contribution in [3.8, 4) is 0 Å². The predicted molar refractivity (Wildman–Crippen MR) is 58.9 cm³/mol. The molecule has 1 aliphatic rings. The molecule has 70 valence electrons. The first kappa shape index (κ1) is 9.22. The maximum absolute atomic E-state index is 5.55. The van der Waals surface area contributed by atoms with Crippen molar-refractivity contribution in [1.29, 1.82) is 0 Å². The molecule has 0 amide bonds. The van der Waals surface area contributed by atoms with Gasteiger partial charge in [-0.1, -0.05) is 28.1 Å². The molecule has 2 heteroatoms. The van der Waals surface area contributed by atoms with Gasteiger partial charge >= 0.3 is 0 Å². The number of benzene rings is 1. The Hall–Kier alpha value is -0.340. The Morgan fingerprint density at radius 2 is 2.15 bits per heavy atom. The summed E-state index contributed by atoms with van der Waals surface area (Å²) in [6.07, 6.45) is 3.70. The van der Waals surface area contributed by atoms with Crippen molar-refractivity contribution in [3.05, 3.63) is 33.8 Å². The summed E-state index contributed by atoms with van der Waals surface area (Å²) >= 11 is 3.55. The van der Waals surface area contributed by atoms with E-state index in [2.05, 4.69) is 34.1 Å². The maximum Gasteiger partial charge on any atom is 0.0207 e. The van der Waals surface area contributed by atoms with Gasteiger partial charge in [0.15, 0.2) is 0 Å². The van der Waals surface area contributed by atoms with Crippen LogP contribution in [-0.4, -0.2) is 6.54 Å². The minimum absolute atomic E-state index is 0.729. The fourth-order valence-corrected chi connectivity index (χ4v) is 2.06. The van der Waals surface area contributed by atoms with E-state index in [1.54, 1.807) is 0 Å². The molecule has 1 aliphatic carbocycles. The second kappa shape index (κ2) is 3.81. The monoisotopic (exact) mass is 239 g/mol. The summed E-state index contributed by atoms with van der Waals surface area (Å²) in [6.45, 7) is 0.729. The molecule has 0 atom stereocenters. The van der Waals surface area contributed by atoms with E-state index in [0.717, 1.165) is 18.9 Å². The second-order valence-electron chi connectivity index (χ2n) is 3.66. The van der Waals surface area contributed by atoms with Crippen LogP contribution in [0, 0.1) is 0 Å². The molecule has 0 heterocycles. The predicted octanol–water partition coefficient (Wildman–Crippen LogP) is 2.83. The summed E-state index contributed by atoms with van der Waals surface area (Å²) in [4.78, 5) is 0. The van der Waals surface area contributed by atoms with Crippen molar-refractivity contribution in [3.63, 3.8) is 0 Å². The Kier molecular flexibility index (Phi) is 2.70. The highest BCUT2D eigenvalue weighted by Crippen LogP contribution is 2.40. The lowest BCUT2D eigenvalue weighted by Crippen LogP contribution is -2.03. The fourth-order valence-electron chi connectivity index (χ4n) is 1.61. The van der Waals surface area contributed by atoms with Crippen LogP contribution in [0.3, 0.4) is 0 Å². The molecule has 0 spiro atoms. The number of rotatable bonds is 3. The molecule has 1 fully saturated rings. The van der Waals surface area contributed by atoms with Gasteiger partial charge in [0.25, 0.3) is 0 Å². The van der Waals surface area contributed by atoms with E-state index >= 15 is 0 Å². The van der Waals surface area contributed by atoms with Crippen LogP contribution in [-0.2, 0) is 6.42 Å². The third-order valence-corrected chi connectivity index (χ3v) is 3.31. The third-order valence-electron chi connectivity index (χ3n) is 2.53. The van der Waals surface area contributed by atoms with Crippen LogP contribution in [0.1, 0.15) is 29.9 Å². The standard InChI is InChI=1S/C11H14BrN/c12-11-4-3-9(8-1-2-8)7-10(11)5-6-13/h3-4,7-8H,1-2,5-6,13H2. The van der Waals surface area contributed by atoms with Crippen LogP contribution in [0.5, 0.6) is 0 Å². The molecule has 0 aromatic heterocycles. The molecule has 1 aromatic carbocycles. The molecular formula is C11H14BrN. The zero-order valence-electron chi connectivity index (χ0n) is 7.59. The van der Waals surface area contributed by atoms with Crippen LogP contribution in [0.15, 0.2) is 22.7 Å². The van der Waals surface area contributed by atoms with Crippen LogP contribution < -0.4 is 5.73 Å². The summed E-state index contributed by atoms with van der Waals surface area (Å²) in [7, 11) is 0. The van der Waals surface area contributed by atoms with Gasteiger partial charge in [-0.2, -0.15) is 0 Å². The normalized spacial score (nSPS) is 16.2. The first-order valence-electron chi connectivity index (χ1n) is 4.79. The van der Waals surface area contributed by atoms with E-state index in [1.165, 1.54) is 28.4 Å². The Morgan fingerprint density at radius 3 is 2.77 bits per heavy atom. The van der Waals surface area contributed by atoms with Gasteiger partial charge in [-0.3, -0.25) is 0 Å². The van der Waals surface area contributed by atoms with Gasteiger partial charge in [0, 0.05) is 4.47 Å². The molecule has 0 saturated heterocycles. The first-order valence-corrected chi connectivity index (χ1v) is 5.59. The van der Waals surface area contributed by atoms with Crippen LogP contribution >= 0.6 is 15.9 Å². The van der Waals surface area contributed by atoms with E-state index in [-0.39, 0.29) is 0 Å². The smallest absolute Gasteiger partial charge is 0.0207 e. The lowest BCUT2D eigenvalue weighted by molar-refractivity contribution is 0.955. The Bertz CT molecular complexity index is 305.